The van der Waals surface area contributed by atoms with Crippen LogP contribution < -0.4 is 4.73 Å². The third kappa shape index (κ3) is 1.40. The Labute approximate surface area is 84.5 Å². The first kappa shape index (κ1) is 8.51. The second kappa shape index (κ2) is 3.00. The molecule has 0 spiro atoms. The number of hydrogen-bond acceptors (Lipinski definition) is 1. The molecule has 66 valence electrons. The third-order valence-electron chi connectivity index (χ3n) is 2.06. The maximum Gasteiger partial charge on any atom is 0.189 e. The SMILES string of the molecule is Cc1ccc2cc[n+]([O-])cc2c1Br. The molecule has 0 N–H and O–H groups in total. The average molecular weight is 238 g/mol. The van der Waals surface area contributed by atoms with E-state index in [1.807, 2.05) is 25.1 Å². The number of fused-ring (bicyclic) bond motifs is 1. The van der Waals surface area contributed by atoms with Crippen LogP contribution in [0.3, 0.4) is 0 Å². The van der Waals surface area contributed by atoms with Gasteiger partial charge in [-0.2, -0.15) is 4.73 Å². The van der Waals surface area contributed by atoms with Crippen molar-refractivity contribution in [1.29, 1.82) is 0 Å². The maximum absolute atomic E-state index is 11.0. The van der Waals surface area contributed by atoms with Crippen LogP contribution in [0.1, 0.15) is 5.56 Å². The lowest BCUT2D eigenvalue weighted by atomic mass is 10.1. The molecule has 2 rings (SSSR count). The number of aryl methyl sites for hydroxylation is 1. The summed E-state index contributed by atoms with van der Waals surface area (Å²) in [5.41, 5.74) is 1.14. The van der Waals surface area contributed by atoms with Crippen molar-refractivity contribution >= 4 is 26.7 Å². The Morgan fingerprint density at radius 1 is 1.31 bits per heavy atom. The molecule has 1 aromatic heterocycles. The molecule has 0 aliphatic heterocycles. The first-order valence-corrected chi connectivity index (χ1v) is 4.75. The summed E-state index contributed by atoms with van der Waals surface area (Å²) >= 11 is 3.46. The molecule has 3 heteroatoms. The predicted octanol–water partition coefficient (Wildman–Crippen LogP) is 2.54. The molecule has 0 saturated heterocycles. The summed E-state index contributed by atoms with van der Waals surface area (Å²) in [7, 11) is 0. The van der Waals surface area contributed by atoms with Gasteiger partial charge in [-0.25, -0.2) is 0 Å². The topological polar surface area (TPSA) is 26.9 Å². The molecule has 0 aliphatic carbocycles. The minimum absolute atomic E-state index is 0.812. The second-order valence-electron chi connectivity index (χ2n) is 3.00. The molecule has 13 heavy (non-hydrogen) atoms. The van der Waals surface area contributed by atoms with Crippen molar-refractivity contribution in [2.75, 3.05) is 0 Å². The van der Waals surface area contributed by atoms with Gasteiger partial charge in [0.25, 0.3) is 0 Å². The quantitative estimate of drug-likeness (QED) is 0.511. The standard InChI is InChI=1S/C10H8BrNO/c1-7-2-3-8-4-5-12(13)6-9(8)10(7)11/h2-6H,1H3. The van der Waals surface area contributed by atoms with Crippen LogP contribution in [0.15, 0.2) is 35.1 Å². The Hall–Kier alpha value is -1.09. The summed E-state index contributed by atoms with van der Waals surface area (Å²) in [6.07, 6.45) is 3.08. The van der Waals surface area contributed by atoms with Crippen molar-refractivity contribution in [3.63, 3.8) is 0 Å². The highest BCUT2D eigenvalue weighted by atomic mass is 79.9. The van der Waals surface area contributed by atoms with E-state index in [9.17, 15) is 5.21 Å². The first-order chi connectivity index (χ1) is 6.18. The molecular formula is C10H8BrNO. The van der Waals surface area contributed by atoms with Gasteiger partial charge in [0.1, 0.15) is 0 Å². The first-order valence-electron chi connectivity index (χ1n) is 3.96. The summed E-state index contributed by atoms with van der Waals surface area (Å²) < 4.78 is 1.81. The van der Waals surface area contributed by atoms with E-state index in [1.54, 1.807) is 6.20 Å². The Balaban J connectivity index is 2.89. The van der Waals surface area contributed by atoms with Gasteiger partial charge in [0.2, 0.25) is 0 Å². The summed E-state index contributed by atoms with van der Waals surface area (Å²) in [4.78, 5) is 0. The van der Waals surface area contributed by atoms with Gasteiger partial charge in [0.15, 0.2) is 12.4 Å². The number of halogens is 1. The molecule has 1 aromatic carbocycles. The van der Waals surface area contributed by atoms with E-state index in [0.717, 1.165) is 25.5 Å². The van der Waals surface area contributed by atoms with Crippen molar-refractivity contribution in [3.05, 3.63) is 45.8 Å². The van der Waals surface area contributed by atoms with E-state index in [0.29, 0.717) is 0 Å². The fraction of sp³-hybridized carbons (Fsp3) is 0.100. The molecule has 0 radical (unpaired) electrons. The van der Waals surface area contributed by atoms with Gasteiger partial charge in [-0.05, 0) is 33.8 Å². The van der Waals surface area contributed by atoms with E-state index < -0.39 is 0 Å². The molecule has 1 heterocycles. The fourth-order valence-corrected chi connectivity index (χ4v) is 1.78. The molecule has 2 nitrogen and oxygen atoms in total. The van der Waals surface area contributed by atoms with E-state index >= 15 is 0 Å². The summed E-state index contributed by atoms with van der Waals surface area (Å²) in [5, 5.41) is 13.1. The molecule has 0 amide bonds. The van der Waals surface area contributed by atoms with Gasteiger partial charge in [-0.15, -0.1) is 0 Å². The lowest BCUT2D eigenvalue weighted by Crippen LogP contribution is -2.23. The average Bonchev–Trinajstić information content (AvgIpc) is 2.12. The van der Waals surface area contributed by atoms with Crippen molar-refractivity contribution in [1.82, 2.24) is 0 Å². The van der Waals surface area contributed by atoms with Crippen molar-refractivity contribution < 1.29 is 4.73 Å². The zero-order chi connectivity index (χ0) is 9.42. The van der Waals surface area contributed by atoms with Crippen LogP contribution in [0, 0.1) is 12.1 Å². The second-order valence-corrected chi connectivity index (χ2v) is 3.80. The maximum atomic E-state index is 11.0. The number of aromatic nitrogens is 1. The zero-order valence-electron chi connectivity index (χ0n) is 7.12. The van der Waals surface area contributed by atoms with Crippen LogP contribution in [0.4, 0.5) is 0 Å². The molecule has 0 unspecified atom stereocenters. The lowest BCUT2D eigenvalue weighted by molar-refractivity contribution is -0.603. The number of nitrogens with zero attached hydrogens (tertiary/aromatic N) is 1. The highest BCUT2D eigenvalue weighted by Crippen LogP contribution is 2.25. The minimum Gasteiger partial charge on any atom is -0.619 e. The highest BCUT2D eigenvalue weighted by Gasteiger charge is 2.04. The molecule has 0 aliphatic rings. The molecule has 2 aromatic rings. The van der Waals surface area contributed by atoms with Crippen LogP contribution >= 0.6 is 15.9 Å². The predicted molar refractivity (Wildman–Crippen MR) is 55.3 cm³/mol. The van der Waals surface area contributed by atoms with Crippen LogP contribution in [0.25, 0.3) is 10.8 Å². The Bertz CT molecular complexity index is 462. The van der Waals surface area contributed by atoms with Gasteiger partial charge < -0.3 is 5.21 Å². The van der Waals surface area contributed by atoms with Crippen LogP contribution in [0.5, 0.6) is 0 Å². The highest BCUT2D eigenvalue weighted by molar-refractivity contribution is 9.10. The van der Waals surface area contributed by atoms with Crippen LogP contribution in [-0.2, 0) is 0 Å². The monoisotopic (exact) mass is 237 g/mol. The normalized spacial score (nSPS) is 10.6. The van der Waals surface area contributed by atoms with E-state index in [4.69, 9.17) is 0 Å². The van der Waals surface area contributed by atoms with Crippen LogP contribution in [-0.4, -0.2) is 0 Å². The largest absolute Gasteiger partial charge is 0.619 e. The van der Waals surface area contributed by atoms with Gasteiger partial charge in [-0.1, -0.05) is 12.1 Å². The van der Waals surface area contributed by atoms with Crippen molar-refractivity contribution in [3.8, 4) is 0 Å². The van der Waals surface area contributed by atoms with E-state index in [2.05, 4.69) is 15.9 Å². The minimum atomic E-state index is 0.812. The number of pyridine rings is 1. The van der Waals surface area contributed by atoms with Gasteiger partial charge >= 0.3 is 0 Å². The summed E-state index contributed by atoms with van der Waals surface area (Å²) in [6.45, 7) is 2.01. The number of rotatable bonds is 0. The lowest BCUT2D eigenvalue weighted by Gasteiger charge is -2.03. The summed E-state index contributed by atoms with van der Waals surface area (Å²) in [6, 6.07) is 5.85. The Morgan fingerprint density at radius 2 is 2.08 bits per heavy atom. The molecule has 0 fully saturated rings. The molecule has 0 atom stereocenters. The van der Waals surface area contributed by atoms with Gasteiger partial charge in [0, 0.05) is 10.5 Å². The molecule has 0 bridgehead atoms. The van der Waals surface area contributed by atoms with E-state index in [1.165, 1.54) is 6.20 Å². The Kier molecular flexibility index (Phi) is 1.96. The molecular weight excluding hydrogens is 230 g/mol. The van der Waals surface area contributed by atoms with Crippen LogP contribution in [0.2, 0.25) is 0 Å². The zero-order valence-corrected chi connectivity index (χ0v) is 8.71. The smallest absolute Gasteiger partial charge is 0.189 e. The van der Waals surface area contributed by atoms with Gasteiger partial charge in [0.05, 0.1) is 5.39 Å². The van der Waals surface area contributed by atoms with E-state index in [-0.39, 0.29) is 0 Å². The van der Waals surface area contributed by atoms with Gasteiger partial charge in [-0.3, -0.25) is 0 Å². The molecule has 0 saturated carbocycles. The Morgan fingerprint density at radius 3 is 2.85 bits per heavy atom. The fourth-order valence-electron chi connectivity index (χ4n) is 1.32. The number of benzene rings is 1. The number of hydrogen-bond donors (Lipinski definition) is 0. The summed E-state index contributed by atoms with van der Waals surface area (Å²) in [5.74, 6) is 0. The third-order valence-corrected chi connectivity index (χ3v) is 3.12. The van der Waals surface area contributed by atoms with Crippen molar-refractivity contribution in [2.24, 2.45) is 0 Å². The van der Waals surface area contributed by atoms with Crippen molar-refractivity contribution in [2.45, 2.75) is 6.92 Å².